The number of aromatic nitrogens is 2. The minimum Gasteiger partial charge on any atom is -0.302 e. The minimum atomic E-state index is 0. The number of rotatable bonds is 1. The van der Waals surface area contributed by atoms with E-state index in [1.165, 1.54) is 27.8 Å². The van der Waals surface area contributed by atoms with Gasteiger partial charge >= 0.3 is 0 Å². The van der Waals surface area contributed by atoms with Gasteiger partial charge in [0.2, 0.25) is 5.65 Å². The van der Waals surface area contributed by atoms with Crippen LogP contribution in [0, 0.1) is 6.92 Å². The quantitative estimate of drug-likeness (QED) is 0.373. The first-order valence-corrected chi connectivity index (χ1v) is 6.48. The summed E-state index contributed by atoms with van der Waals surface area (Å²) in [5.74, 6) is 0. The number of aryl methyl sites for hydroxylation is 1. The molecule has 2 aromatic carbocycles. The van der Waals surface area contributed by atoms with Crippen molar-refractivity contribution in [2.45, 2.75) is 6.92 Å². The van der Waals surface area contributed by atoms with Gasteiger partial charge in [-0.25, -0.2) is 4.57 Å². The number of hydrogen-bond donors (Lipinski definition) is 0. The molecule has 0 atom stereocenters. The molecule has 0 saturated carbocycles. The maximum atomic E-state index is 2.26. The van der Waals surface area contributed by atoms with Crippen molar-refractivity contribution in [2.75, 3.05) is 0 Å². The van der Waals surface area contributed by atoms with Crippen LogP contribution in [0.5, 0.6) is 0 Å². The van der Waals surface area contributed by atoms with Crippen molar-refractivity contribution in [1.29, 1.82) is 0 Å². The third kappa shape index (κ3) is 1.87. The first kappa shape index (κ1) is 13.6. The van der Waals surface area contributed by atoms with Crippen LogP contribution < -0.4 is 4.40 Å². The molecule has 20 heavy (non-hydrogen) atoms. The summed E-state index contributed by atoms with van der Waals surface area (Å²) in [7, 11) is 0. The van der Waals surface area contributed by atoms with E-state index in [9.17, 15) is 0 Å². The minimum absolute atomic E-state index is 0. The molecule has 2 heterocycles. The monoisotopic (exact) mass is 335 g/mol. The molecule has 0 unspecified atom stereocenters. The molecular weight excluding hydrogens is 321 g/mol. The van der Waals surface area contributed by atoms with Gasteiger partial charge in [0.15, 0.2) is 0 Å². The molecule has 2 nitrogen and oxygen atoms in total. The van der Waals surface area contributed by atoms with Crippen LogP contribution in [0.15, 0.2) is 67.0 Å². The predicted molar refractivity (Wildman–Crippen MR) is 76.8 cm³/mol. The van der Waals surface area contributed by atoms with Crippen molar-refractivity contribution in [3.8, 4) is 5.69 Å². The Labute approximate surface area is 142 Å². The second kappa shape index (κ2) is 5.19. The van der Waals surface area contributed by atoms with Crippen molar-refractivity contribution in [2.24, 2.45) is 0 Å². The fourth-order valence-electron chi connectivity index (χ4n) is 2.84. The SMILES string of the molecule is C[c-]1c2ccccc2c2n(-c3ccccc3)cc[n+]21.[Y]. The fraction of sp³-hybridized carbons (Fsp3) is 0.0588. The van der Waals surface area contributed by atoms with Gasteiger partial charge in [-0.3, -0.25) is 0 Å². The Morgan fingerprint density at radius 1 is 0.950 bits per heavy atom. The van der Waals surface area contributed by atoms with E-state index in [4.69, 9.17) is 0 Å². The second-order valence-corrected chi connectivity index (χ2v) is 4.83. The van der Waals surface area contributed by atoms with Crippen molar-refractivity contribution in [3.63, 3.8) is 0 Å². The predicted octanol–water partition coefficient (Wildman–Crippen LogP) is 3.39. The first-order valence-electron chi connectivity index (χ1n) is 6.48. The van der Waals surface area contributed by atoms with Crippen LogP contribution >= 0.6 is 0 Å². The van der Waals surface area contributed by atoms with E-state index in [1.807, 2.05) is 6.07 Å². The summed E-state index contributed by atoms with van der Waals surface area (Å²) < 4.78 is 4.51. The van der Waals surface area contributed by atoms with E-state index >= 15 is 0 Å². The second-order valence-electron chi connectivity index (χ2n) is 4.83. The van der Waals surface area contributed by atoms with Crippen LogP contribution in [0.1, 0.15) is 5.69 Å². The molecule has 4 rings (SSSR count). The Bertz CT molecular complexity index is 872. The third-order valence-corrected chi connectivity index (χ3v) is 3.77. The maximum absolute atomic E-state index is 2.26. The smallest absolute Gasteiger partial charge is 0.201 e. The zero-order valence-corrected chi connectivity index (χ0v) is 14.2. The van der Waals surface area contributed by atoms with Crippen molar-refractivity contribution in [1.82, 2.24) is 4.57 Å². The zero-order valence-electron chi connectivity index (χ0n) is 11.3. The molecule has 0 bridgehead atoms. The van der Waals surface area contributed by atoms with E-state index < -0.39 is 0 Å². The molecule has 1 radical (unpaired) electrons. The molecule has 95 valence electrons. The summed E-state index contributed by atoms with van der Waals surface area (Å²) >= 11 is 0. The fourth-order valence-corrected chi connectivity index (χ4v) is 2.84. The Morgan fingerprint density at radius 3 is 2.45 bits per heavy atom. The zero-order chi connectivity index (χ0) is 12.8. The number of hydrogen-bond acceptors (Lipinski definition) is 0. The standard InChI is InChI=1S/C17H14N2.Y/c1-13-15-9-5-6-10-16(15)17-18(13)11-12-19(17)14-7-3-2-4-8-14;/h2-12H,1H3;. The molecule has 4 aromatic rings. The molecule has 2 aromatic heterocycles. The Kier molecular flexibility index (Phi) is 3.53. The van der Waals surface area contributed by atoms with Gasteiger partial charge < -0.3 is 4.40 Å². The number of nitrogens with zero attached hydrogens (tertiary/aromatic N) is 2. The maximum Gasteiger partial charge on any atom is 0.201 e. The summed E-state index contributed by atoms with van der Waals surface area (Å²) in [6.45, 7) is 2.17. The van der Waals surface area contributed by atoms with Crippen LogP contribution in [0.25, 0.3) is 22.1 Å². The average molecular weight is 335 g/mol. The molecule has 0 spiro atoms. The summed E-state index contributed by atoms with van der Waals surface area (Å²) in [6.07, 6.45) is 4.27. The molecule has 0 N–H and O–H groups in total. The van der Waals surface area contributed by atoms with Gasteiger partial charge in [0, 0.05) is 38.4 Å². The van der Waals surface area contributed by atoms with Crippen molar-refractivity contribution >= 4 is 16.4 Å². The van der Waals surface area contributed by atoms with Gasteiger partial charge in [0.05, 0.1) is 12.4 Å². The Balaban J connectivity index is 0.00000121. The number of benzene rings is 2. The first-order chi connectivity index (χ1) is 9.36. The molecule has 3 heteroatoms. The molecule has 0 saturated heterocycles. The van der Waals surface area contributed by atoms with E-state index in [0.717, 1.165) is 0 Å². The Morgan fingerprint density at radius 2 is 1.65 bits per heavy atom. The van der Waals surface area contributed by atoms with Gasteiger partial charge in [-0.2, -0.15) is 0 Å². The Hall–Kier alpha value is -1.38. The van der Waals surface area contributed by atoms with Gasteiger partial charge in [0.1, 0.15) is 5.69 Å². The van der Waals surface area contributed by atoms with Crippen LogP contribution in [-0.4, -0.2) is 4.57 Å². The average Bonchev–Trinajstić information content (AvgIpc) is 3.02. The van der Waals surface area contributed by atoms with Gasteiger partial charge in [-0.05, 0) is 24.4 Å². The third-order valence-electron chi connectivity index (χ3n) is 3.77. The van der Waals surface area contributed by atoms with E-state index in [-0.39, 0.29) is 32.7 Å². The van der Waals surface area contributed by atoms with E-state index in [0.29, 0.717) is 0 Å². The van der Waals surface area contributed by atoms with Crippen LogP contribution in [-0.2, 0) is 32.7 Å². The van der Waals surface area contributed by atoms with Crippen molar-refractivity contribution < 1.29 is 37.1 Å². The van der Waals surface area contributed by atoms with Crippen molar-refractivity contribution in [3.05, 3.63) is 72.7 Å². The molecule has 0 aliphatic heterocycles. The summed E-state index contributed by atoms with van der Waals surface area (Å²) in [4.78, 5) is 0. The summed E-state index contributed by atoms with van der Waals surface area (Å²) in [5, 5.41) is 2.62. The number of para-hydroxylation sites is 1. The van der Waals surface area contributed by atoms with E-state index in [1.54, 1.807) is 0 Å². The molecular formula is C17H14N2Y. The molecule has 0 aliphatic carbocycles. The van der Waals surface area contributed by atoms with Gasteiger partial charge in [0.25, 0.3) is 0 Å². The number of fused-ring (bicyclic) bond motifs is 3. The molecule has 0 amide bonds. The summed E-state index contributed by atoms with van der Waals surface area (Å²) in [6, 6.07) is 19.0. The topological polar surface area (TPSA) is 9.03 Å². The summed E-state index contributed by atoms with van der Waals surface area (Å²) in [5.41, 5.74) is 3.72. The van der Waals surface area contributed by atoms with E-state index in [2.05, 4.69) is 76.8 Å². The van der Waals surface area contributed by atoms with Gasteiger partial charge in [-0.1, -0.05) is 41.8 Å². The molecule has 0 aliphatic rings. The molecule has 0 fully saturated rings. The van der Waals surface area contributed by atoms with Crippen LogP contribution in [0.3, 0.4) is 0 Å². The van der Waals surface area contributed by atoms with Crippen LogP contribution in [0.4, 0.5) is 0 Å². The van der Waals surface area contributed by atoms with Crippen LogP contribution in [0.2, 0.25) is 0 Å². The van der Waals surface area contributed by atoms with Gasteiger partial charge in [-0.15, -0.1) is 6.07 Å². The largest absolute Gasteiger partial charge is 0.302 e. The normalized spacial score (nSPS) is 10.8. The number of imidazole rings is 1.